The summed E-state index contributed by atoms with van der Waals surface area (Å²) in [7, 11) is 0. The van der Waals surface area contributed by atoms with Gasteiger partial charge in [-0.05, 0) is 37.3 Å². The van der Waals surface area contributed by atoms with Crippen LogP contribution in [-0.4, -0.2) is 18.0 Å². The van der Waals surface area contributed by atoms with Crippen molar-refractivity contribution in [3.63, 3.8) is 0 Å². The van der Waals surface area contributed by atoms with Gasteiger partial charge in [-0.25, -0.2) is 18.0 Å². The van der Waals surface area contributed by atoms with Gasteiger partial charge in [0.2, 0.25) is 0 Å². The SMILES string of the molecule is C[C@H](OC(=O)c1cc(F)cc(F)c1)C(=O)Nc1ccc(F)cc1Cl. The lowest BCUT2D eigenvalue weighted by Crippen LogP contribution is -2.30. The Bertz CT molecular complexity index is 778. The molecule has 0 fully saturated rings. The summed E-state index contributed by atoms with van der Waals surface area (Å²) >= 11 is 5.77. The van der Waals surface area contributed by atoms with E-state index in [0.717, 1.165) is 24.3 Å². The molecule has 2 rings (SSSR count). The minimum Gasteiger partial charge on any atom is -0.449 e. The molecule has 24 heavy (non-hydrogen) atoms. The standard InChI is InChI=1S/C16H11ClF3NO3/c1-8(15(22)21-14-3-2-10(18)7-13(14)17)24-16(23)9-4-11(19)6-12(20)5-9/h2-8H,1H3,(H,21,22)/t8-/m0/s1. The first-order chi connectivity index (χ1) is 11.3. The van der Waals surface area contributed by atoms with Crippen molar-refractivity contribution < 1.29 is 27.5 Å². The maximum Gasteiger partial charge on any atom is 0.339 e. The maximum absolute atomic E-state index is 13.1. The number of esters is 1. The van der Waals surface area contributed by atoms with E-state index in [2.05, 4.69) is 5.32 Å². The second-order valence-corrected chi connectivity index (χ2v) is 5.23. The van der Waals surface area contributed by atoms with E-state index in [1.54, 1.807) is 0 Å². The second kappa shape index (κ2) is 7.35. The van der Waals surface area contributed by atoms with Crippen LogP contribution in [-0.2, 0) is 9.53 Å². The summed E-state index contributed by atoms with van der Waals surface area (Å²) in [6, 6.07) is 5.51. The number of carbonyl (C=O) groups excluding carboxylic acids is 2. The summed E-state index contributed by atoms with van der Waals surface area (Å²) in [5.41, 5.74) is -0.241. The first-order valence-corrected chi connectivity index (χ1v) is 7.07. The van der Waals surface area contributed by atoms with Crippen LogP contribution < -0.4 is 5.32 Å². The van der Waals surface area contributed by atoms with Crippen molar-refractivity contribution in [1.82, 2.24) is 0 Å². The molecule has 0 heterocycles. The molecule has 0 aromatic heterocycles. The molecule has 0 aliphatic carbocycles. The molecule has 1 atom stereocenters. The highest BCUT2D eigenvalue weighted by Gasteiger charge is 2.20. The zero-order valence-corrected chi connectivity index (χ0v) is 13.0. The van der Waals surface area contributed by atoms with Crippen molar-refractivity contribution in [2.45, 2.75) is 13.0 Å². The van der Waals surface area contributed by atoms with Crippen LogP contribution in [0.2, 0.25) is 5.02 Å². The number of nitrogens with one attached hydrogen (secondary N) is 1. The predicted molar refractivity (Wildman–Crippen MR) is 81.3 cm³/mol. The zero-order chi connectivity index (χ0) is 17.9. The highest BCUT2D eigenvalue weighted by Crippen LogP contribution is 2.22. The molecule has 8 heteroatoms. The van der Waals surface area contributed by atoms with Gasteiger partial charge in [-0.2, -0.15) is 0 Å². The van der Waals surface area contributed by atoms with Gasteiger partial charge in [-0.1, -0.05) is 11.6 Å². The number of ether oxygens (including phenoxy) is 1. The Morgan fingerprint density at radius 3 is 2.25 bits per heavy atom. The molecular formula is C16H11ClF3NO3. The molecule has 1 amide bonds. The number of amides is 1. The summed E-state index contributed by atoms with van der Waals surface area (Å²) in [5.74, 6) is -4.28. The van der Waals surface area contributed by atoms with E-state index >= 15 is 0 Å². The van der Waals surface area contributed by atoms with E-state index < -0.39 is 35.4 Å². The topological polar surface area (TPSA) is 55.4 Å². The van der Waals surface area contributed by atoms with E-state index in [4.69, 9.17) is 16.3 Å². The lowest BCUT2D eigenvalue weighted by molar-refractivity contribution is -0.123. The van der Waals surface area contributed by atoms with Crippen LogP contribution in [0.4, 0.5) is 18.9 Å². The highest BCUT2D eigenvalue weighted by molar-refractivity contribution is 6.33. The fraction of sp³-hybridized carbons (Fsp3) is 0.125. The molecule has 1 N–H and O–H groups in total. The number of hydrogen-bond acceptors (Lipinski definition) is 3. The summed E-state index contributed by atoms with van der Waals surface area (Å²) in [6.07, 6.45) is -1.27. The van der Waals surface area contributed by atoms with Crippen molar-refractivity contribution in [2.75, 3.05) is 5.32 Å². The van der Waals surface area contributed by atoms with Crippen LogP contribution in [0.3, 0.4) is 0 Å². The van der Waals surface area contributed by atoms with E-state index in [1.165, 1.54) is 13.0 Å². The third kappa shape index (κ3) is 4.48. The Morgan fingerprint density at radius 2 is 1.67 bits per heavy atom. The third-order valence-corrected chi connectivity index (χ3v) is 3.25. The van der Waals surface area contributed by atoms with Gasteiger partial charge in [0, 0.05) is 6.07 Å². The van der Waals surface area contributed by atoms with E-state index in [-0.39, 0.29) is 16.3 Å². The van der Waals surface area contributed by atoms with Gasteiger partial charge >= 0.3 is 5.97 Å². The van der Waals surface area contributed by atoms with Crippen molar-refractivity contribution >= 4 is 29.2 Å². The van der Waals surface area contributed by atoms with Crippen LogP contribution in [0.1, 0.15) is 17.3 Å². The highest BCUT2D eigenvalue weighted by atomic mass is 35.5. The van der Waals surface area contributed by atoms with Crippen LogP contribution >= 0.6 is 11.6 Å². The lowest BCUT2D eigenvalue weighted by atomic mass is 10.2. The average molecular weight is 358 g/mol. The lowest BCUT2D eigenvalue weighted by Gasteiger charge is -2.14. The normalized spacial score (nSPS) is 11.7. The van der Waals surface area contributed by atoms with Gasteiger partial charge in [-0.3, -0.25) is 4.79 Å². The largest absolute Gasteiger partial charge is 0.449 e. The smallest absolute Gasteiger partial charge is 0.339 e. The molecule has 2 aromatic carbocycles. The molecule has 0 saturated carbocycles. The van der Waals surface area contributed by atoms with Gasteiger partial charge in [0.1, 0.15) is 17.5 Å². The molecule has 126 valence electrons. The molecule has 0 aliphatic heterocycles. The zero-order valence-electron chi connectivity index (χ0n) is 12.3. The maximum atomic E-state index is 13.1. The van der Waals surface area contributed by atoms with Gasteiger partial charge < -0.3 is 10.1 Å². The van der Waals surface area contributed by atoms with Gasteiger partial charge in [0.15, 0.2) is 6.10 Å². The summed E-state index contributed by atoms with van der Waals surface area (Å²) in [6.45, 7) is 1.26. The number of carbonyl (C=O) groups is 2. The van der Waals surface area contributed by atoms with Gasteiger partial charge in [0.25, 0.3) is 5.91 Å². The van der Waals surface area contributed by atoms with E-state index in [0.29, 0.717) is 6.07 Å². The molecule has 0 aliphatic rings. The quantitative estimate of drug-likeness (QED) is 0.843. The Kier molecular flexibility index (Phi) is 5.46. The molecular weight excluding hydrogens is 347 g/mol. The predicted octanol–water partition coefficient (Wildman–Crippen LogP) is 3.94. The van der Waals surface area contributed by atoms with Crippen LogP contribution in [0, 0.1) is 17.5 Å². The average Bonchev–Trinajstić information content (AvgIpc) is 2.48. The molecule has 4 nitrogen and oxygen atoms in total. The van der Waals surface area contributed by atoms with E-state index in [1.807, 2.05) is 0 Å². The fourth-order valence-corrected chi connectivity index (χ4v) is 1.99. The molecule has 0 saturated heterocycles. The van der Waals surface area contributed by atoms with Crippen LogP contribution in [0.25, 0.3) is 0 Å². The van der Waals surface area contributed by atoms with Crippen molar-refractivity contribution in [3.05, 3.63) is 64.4 Å². The monoisotopic (exact) mass is 357 g/mol. The van der Waals surface area contributed by atoms with Crippen molar-refractivity contribution in [3.8, 4) is 0 Å². The van der Waals surface area contributed by atoms with Gasteiger partial charge in [0.05, 0.1) is 16.3 Å². The Hall–Kier alpha value is -2.54. The number of anilines is 1. The number of hydrogen-bond donors (Lipinski definition) is 1. The molecule has 2 aromatic rings. The minimum absolute atomic E-state index is 0.0333. The molecule has 0 radical (unpaired) electrons. The van der Waals surface area contributed by atoms with Crippen LogP contribution in [0.5, 0.6) is 0 Å². The Balaban J connectivity index is 2.04. The van der Waals surface area contributed by atoms with Crippen LogP contribution in [0.15, 0.2) is 36.4 Å². The summed E-state index contributed by atoms with van der Waals surface area (Å²) in [4.78, 5) is 23.8. The fourth-order valence-electron chi connectivity index (χ4n) is 1.78. The molecule has 0 spiro atoms. The Morgan fingerprint density at radius 1 is 1.04 bits per heavy atom. The van der Waals surface area contributed by atoms with Gasteiger partial charge in [-0.15, -0.1) is 0 Å². The number of rotatable bonds is 4. The minimum atomic E-state index is -1.27. The number of benzene rings is 2. The van der Waals surface area contributed by atoms with E-state index in [9.17, 15) is 22.8 Å². The molecule has 0 bridgehead atoms. The first-order valence-electron chi connectivity index (χ1n) is 6.69. The third-order valence-electron chi connectivity index (χ3n) is 2.94. The Labute approximate surface area is 140 Å². The second-order valence-electron chi connectivity index (χ2n) is 4.82. The van der Waals surface area contributed by atoms with Crippen molar-refractivity contribution in [1.29, 1.82) is 0 Å². The number of halogens is 4. The summed E-state index contributed by atoms with van der Waals surface area (Å²) in [5, 5.41) is 2.32. The first kappa shape index (κ1) is 17.8. The van der Waals surface area contributed by atoms with Crippen molar-refractivity contribution in [2.24, 2.45) is 0 Å². The summed E-state index contributed by atoms with van der Waals surface area (Å²) < 4.78 is 43.9. The molecule has 0 unspecified atom stereocenters.